The first-order valence-corrected chi connectivity index (χ1v) is 5.04. The summed E-state index contributed by atoms with van der Waals surface area (Å²) in [6.07, 6.45) is 5.78. The number of hydrogen-bond acceptors (Lipinski definition) is 1. The summed E-state index contributed by atoms with van der Waals surface area (Å²) in [6, 6.07) is 6.19. The van der Waals surface area contributed by atoms with Crippen LogP contribution in [0.5, 0.6) is 0 Å². The second-order valence-electron chi connectivity index (χ2n) is 3.58. The van der Waals surface area contributed by atoms with Crippen molar-refractivity contribution in [3.63, 3.8) is 0 Å². The van der Waals surface area contributed by atoms with Crippen molar-refractivity contribution < 1.29 is 4.42 Å². The van der Waals surface area contributed by atoms with Crippen LogP contribution in [0.3, 0.4) is 0 Å². The van der Waals surface area contributed by atoms with E-state index >= 15 is 0 Å². The number of hydrogen-bond donors (Lipinski definition) is 0. The van der Waals surface area contributed by atoms with Crippen LogP contribution in [0.25, 0.3) is 23.1 Å². The number of fused-ring (bicyclic) bond motifs is 1. The van der Waals surface area contributed by atoms with Crippen LogP contribution >= 0.6 is 0 Å². The molecule has 1 aromatic heterocycles. The Bertz CT molecular complexity index is 530. The van der Waals surface area contributed by atoms with Crippen molar-refractivity contribution in [2.75, 3.05) is 0 Å². The Morgan fingerprint density at radius 2 is 2.13 bits per heavy atom. The maximum absolute atomic E-state index is 5.73. The van der Waals surface area contributed by atoms with E-state index in [1.807, 2.05) is 31.2 Å². The van der Waals surface area contributed by atoms with Gasteiger partial charge in [-0.05, 0) is 32.1 Å². The van der Waals surface area contributed by atoms with E-state index in [-0.39, 0.29) is 0 Å². The van der Waals surface area contributed by atoms with Gasteiger partial charge >= 0.3 is 0 Å². The highest BCUT2D eigenvalue weighted by Crippen LogP contribution is 2.28. The minimum atomic E-state index is 0.883. The quantitative estimate of drug-likeness (QED) is 0.696. The summed E-state index contributed by atoms with van der Waals surface area (Å²) in [7, 11) is 0. The van der Waals surface area contributed by atoms with Crippen molar-refractivity contribution in [3.05, 3.63) is 47.7 Å². The molecule has 0 unspecified atom stereocenters. The molecule has 0 aliphatic carbocycles. The second-order valence-corrected chi connectivity index (χ2v) is 3.58. The maximum Gasteiger partial charge on any atom is 0.135 e. The molecule has 1 aromatic carbocycles. The molecule has 2 aromatic rings. The number of rotatable bonds is 2. The number of benzene rings is 1. The van der Waals surface area contributed by atoms with E-state index in [9.17, 15) is 0 Å². The molecule has 0 atom stereocenters. The molecule has 1 heterocycles. The minimum absolute atomic E-state index is 0.883. The minimum Gasteiger partial charge on any atom is -0.456 e. The third kappa shape index (κ3) is 1.61. The average molecular weight is 198 g/mol. The Hall–Kier alpha value is -1.76. The highest BCUT2D eigenvalue weighted by atomic mass is 16.3. The van der Waals surface area contributed by atoms with Crippen molar-refractivity contribution in [2.24, 2.45) is 0 Å². The molecule has 0 aliphatic heterocycles. The normalized spacial score (nSPS) is 11.3. The summed E-state index contributed by atoms with van der Waals surface area (Å²) in [5, 5.41) is 1.14. The van der Waals surface area contributed by atoms with E-state index in [4.69, 9.17) is 4.42 Å². The van der Waals surface area contributed by atoms with Crippen molar-refractivity contribution in [1.82, 2.24) is 0 Å². The van der Waals surface area contributed by atoms with E-state index < -0.39 is 0 Å². The van der Waals surface area contributed by atoms with E-state index in [0.29, 0.717) is 0 Å². The van der Waals surface area contributed by atoms with Crippen LogP contribution < -0.4 is 0 Å². The Morgan fingerprint density at radius 1 is 1.33 bits per heavy atom. The molecule has 0 saturated heterocycles. The highest BCUT2D eigenvalue weighted by Gasteiger charge is 2.08. The fourth-order valence-electron chi connectivity index (χ4n) is 1.74. The summed E-state index contributed by atoms with van der Waals surface area (Å²) in [6.45, 7) is 7.89. The van der Waals surface area contributed by atoms with E-state index in [0.717, 1.165) is 22.3 Å². The van der Waals surface area contributed by atoms with E-state index in [2.05, 4.69) is 25.6 Å². The molecule has 0 fully saturated rings. The molecule has 0 amide bonds. The third-order valence-corrected chi connectivity index (χ3v) is 2.43. The van der Waals surface area contributed by atoms with Gasteiger partial charge in [-0.1, -0.05) is 30.4 Å². The second kappa shape index (κ2) is 3.77. The van der Waals surface area contributed by atoms with Gasteiger partial charge < -0.3 is 4.42 Å². The summed E-state index contributed by atoms with van der Waals surface area (Å²) < 4.78 is 5.73. The Kier molecular flexibility index (Phi) is 2.46. The van der Waals surface area contributed by atoms with Gasteiger partial charge in [-0.3, -0.25) is 0 Å². The predicted octanol–water partition coefficient (Wildman–Crippen LogP) is 4.42. The van der Waals surface area contributed by atoms with Gasteiger partial charge in [-0.15, -0.1) is 0 Å². The molecule has 2 rings (SSSR count). The molecule has 1 heteroatoms. The maximum atomic E-state index is 5.73. The van der Waals surface area contributed by atoms with E-state index in [1.54, 1.807) is 0 Å². The summed E-state index contributed by atoms with van der Waals surface area (Å²) in [5.41, 5.74) is 3.23. The Morgan fingerprint density at radius 3 is 2.80 bits per heavy atom. The van der Waals surface area contributed by atoms with Crippen LogP contribution in [0.4, 0.5) is 0 Å². The van der Waals surface area contributed by atoms with Gasteiger partial charge in [0.05, 0.1) is 0 Å². The van der Waals surface area contributed by atoms with Gasteiger partial charge in [0.2, 0.25) is 0 Å². The smallest absolute Gasteiger partial charge is 0.135 e. The zero-order chi connectivity index (χ0) is 10.8. The van der Waals surface area contributed by atoms with Crippen molar-refractivity contribution >= 4 is 23.1 Å². The van der Waals surface area contributed by atoms with Gasteiger partial charge in [0.15, 0.2) is 0 Å². The van der Waals surface area contributed by atoms with Crippen LogP contribution in [0.15, 0.2) is 35.3 Å². The highest BCUT2D eigenvalue weighted by molar-refractivity contribution is 5.91. The molecular formula is C14H14O. The lowest BCUT2D eigenvalue weighted by atomic mass is 10.1. The standard InChI is InChI=1S/C14H14O/c1-4-6-13-11(5-2)12-9-10(3)7-8-14(12)15-13/h4-9H,2H2,1,3H3/b6-4-. The lowest BCUT2D eigenvalue weighted by molar-refractivity contribution is 0.603. The molecular weight excluding hydrogens is 184 g/mol. The first-order chi connectivity index (χ1) is 7.26. The number of allylic oxidation sites excluding steroid dienone is 1. The lowest BCUT2D eigenvalue weighted by Crippen LogP contribution is -1.73. The van der Waals surface area contributed by atoms with Gasteiger partial charge in [0, 0.05) is 10.9 Å². The van der Waals surface area contributed by atoms with Crippen molar-refractivity contribution in [3.8, 4) is 0 Å². The van der Waals surface area contributed by atoms with Crippen LogP contribution in [0, 0.1) is 6.92 Å². The fraction of sp³-hybridized carbons (Fsp3) is 0.143. The third-order valence-electron chi connectivity index (χ3n) is 2.43. The van der Waals surface area contributed by atoms with E-state index in [1.165, 1.54) is 5.56 Å². The molecule has 0 aliphatic rings. The molecule has 0 saturated carbocycles. The van der Waals surface area contributed by atoms with Gasteiger partial charge in [0.25, 0.3) is 0 Å². The topological polar surface area (TPSA) is 13.1 Å². The summed E-state index contributed by atoms with van der Waals surface area (Å²) >= 11 is 0. The lowest BCUT2D eigenvalue weighted by Gasteiger charge is -1.92. The molecule has 0 bridgehead atoms. The SMILES string of the molecule is C=Cc1c(/C=C\C)oc2ccc(C)cc12. The van der Waals surface area contributed by atoms with Crippen LogP contribution in [-0.2, 0) is 0 Å². The Labute approximate surface area is 89.7 Å². The summed E-state index contributed by atoms with van der Waals surface area (Å²) in [5.74, 6) is 0.883. The first kappa shape index (κ1) is 9.78. The van der Waals surface area contributed by atoms with Crippen LogP contribution in [-0.4, -0.2) is 0 Å². The first-order valence-electron chi connectivity index (χ1n) is 5.04. The summed E-state index contributed by atoms with van der Waals surface area (Å²) in [4.78, 5) is 0. The zero-order valence-electron chi connectivity index (χ0n) is 9.08. The molecule has 0 spiro atoms. The largest absolute Gasteiger partial charge is 0.456 e. The monoisotopic (exact) mass is 198 g/mol. The molecule has 0 N–H and O–H groups in total. The van der Waals surface area contributed by atoms with Crippen LogP contribution in [0.2, 0.25) is 0 Å². The van der Waals surface area contributed by atoms with Gasteiger partial charge in [-0.2, -0.15) is 0 Å². The van der Waals surface area contributed by atoms with Gasteiger partial charge in [-0.25, -0.2) is 0 Å². The average Bonchev–Trinajstić information content (AvgIpc) is 2.55. The Balaban J connectivity index is 2.79. The number of aryl methyl sites for hydroxylation is 1. The van der Waals surface area contributed by atoms with Crippen LogP contribution in [0.1, 0.15) is 23.8 Å². The molecule has 1 nitrogen and oxygen atoms in total. The molecule has 15 heavy (non-hydrogen) atoms. The predicted molar refractivity (Wildman–Crippen MR) is 65.8 cm³/mol. The van der Waals surface area contributed by atoms with Crippen molar-refractivity contribution in [1.29, 1.82) is 0 Å². The molecule has 76 valence electrons. The van der Waals surface area contributed by atoms with Gasteiger partial charge in [0.1, 0.15) is 11.3 Å². The van der Waals surface area contributed by atoms with Crippen molar-refractivity contribution in [2.45, 2.75) is 13.8 Å². The number of furan rings is 1. The zero-order valence-corrected chi connectivity index (χ0v) is 9.08. The fourth-order valence-corrected chi connectivity index (χ4v) is 1.74. The molecule has 0 radical (unpaired) electrons.